The third-order valence-electron chi connectivity index (χ3n) is 1.41. The van der Waals surface area contributed by atoms with Gasteiger partial charge in [-0.1, -0.05) is 0 Å². The minimum Gasteiger partial charge on any atom is -0.317 e. The van der Waals surface area contributed by atoms with Crippen LogP contribution in [0.5, 0.6) is 0 Å². The Bertz CT molecular complexity index is 133. The summed E-state index contributed by atoms with van der Waals surface area (Å²) in [4.78, 5) is 15.4. The highest BCUT2D eigenvalue weighted by Gasteiger charge is 2.31. The van der Waals surface area contributed by atoms with Crippen LogP contribution in [-0.4, -0.2) is 18.1 Å². The van der Waals surface area contributed by atoms with Gasteiger partial charge >= 0.3 is 0 Å². The molecular formula is C5H10N2O2. The molecule has 4 heteroatoms. The van der Waals surface area contributed by atoms with Gasteiger partial charge in [0.15, 0.2) is 0 Å². The van der Waals surface area contributed by atoms with Gasteiger partial charge in [0.25, 0.3) is 5.91 Å². The van der Waals surface area contributed by atoms with Crippen molar-refractivity contribution in [3.05, 3.63) is 0 Å². The van der Waals surface area contributed by atoms with Crippen LogP contribution in [0.2, 0.25) is 0 Å². The summed E-state index contributed by atoms with van der Waals surface area (Å²) in [5, 5.41) is 0. The first kappa shape index (κ1) is 6.51. The second-order valence-electron chi connectivity index (χ2n) is 2.45. The Morgan fingerprint density at radius 2 is 2.56 bits per heavy atom. The first-order valence-corrected chi connectivity index (χ1v) is 2.84. The highest BCUT2D eigenvalue weighted by molar-refractivity contribution is 5.85. The summed E-state index contributed by atoms with van der Waals surface area (Å²) in [5.41, 5.74) is 7.00. The van der Waals surface area contributed by atoms with Crippen molar-refractivity contribution >= 4 is 5.91 Å². The smallest absolute Gasteiger partial charge is 0.263 e. The van der Waals surface area contributed by atoms with Gasteiger partial charge in [-0.15, -0.1) is 0 Å². The lowest BCUT2D eigenvalue weighted by molar-refractivity contribution is -0.146. The van der Waals surface area contributed by atoms with Gasteiger partial charge in [-0.05, 0) is 6.92 Å². The lowest BCUT2D eigenvalue weighted by atomic mass is 9.99. The standard InChI is InChI=1S/C5H10N2O2/c1-5(6)2-3-9-7-4(5)8/h2-3,6H2,1H3,(H,7,8). The molecule has 0 bridgehead atoms. The highest BCUT2D eigenvalue weighted by atomic mass is 16.7. The maximum Gasteiger partial charge on any atom is 0.263 e. The van der Waals surface area contributed by atoms with Crippen LogP contribution in [0.25, 0.3) is 0 Å². The molecule has 1 heterocycles. The van der Waals surface area contributed by atoms with Gasteiger partial charge in [-0.25, -0.2) is 5.48 Å². The number of carbonyl (C=O) groups excluding carboxylic acids is 1. The van der Waals surface area contributed by atoms with Crippen LogP contribution in [0.3, 0.4) is 0 Å². The third-order valence-corrected chi connectivity index (χ3v) is 1.41. The molecular weight excluding hydrogens is 120 g/mol. The second-order valence-corrected chi connectivity index (χ2v) is 2.45. The van der Waals surface area contributed by atoms with Crippen LogP contribution in [-0.2, 0) is 9.63 Å². The van der Waals surface area contributed by atoms with Gasteiger partial charge in [0.1, 0.15) is 0 Å². The van der Waals surface area contributed by atoms with Gasteiger partial charge < -0.3 is 5.73 Å². The quantitative estimate of drug-likeness (QED) is 0.449. The van der Waals surface area contributed by atoms with E-state index in [1.807, 2.05) is 0 Å². The fourth-order valence-corrected chi connectivity index (χ4v) is 0.610. The van der Waals surface area contributed by atoms with E-state index in [4.69, 9.17) is 5.73 Å². The lowest BCUT2D eigenvalue weighted by Crippen LogP contribution is -2.55. The van der Waals surface area contributed by atoms with Crippen molar-refractivity contribution in [1.29, 1.82) is 0 Å². The summed E-state index contributed by atoms with van der Waals surface area (Å²) in [6, 6.07) is 0. The zero-order valence-corrected chi connectivity index (χ0v) is 5.31. The van der Waals surface area contributed by atoms with Crippen molar-refractivity contribution < 1.29 is 9.63 Å². The normalized spacial score (nSPS) is 36.0. The Morgan fingerprint density at radius 3 is 2.89 bits per heavy atom. The van der Waals surface area contributed by atoms with E-state index in [1.54, 1.807) is 6.92 Å². The Morgan fingerprint density at radius 1 is 1.89 bits per heavy atom. The van der Waals surface area contributed by atoms with E-state index < -0.39 is 5.54 Å². The molecule has 52 valence electrons. The molecule has 0 aromatic rings. The minimum atomic E-state index is -0.738. The van der Waals surface area contributed by atoms with Crippen molar-refractivity contribution in [3.8, 4) is 0 Å². The fourth-order valence-electron chi connectivity index (χ4n) is 0.610. The Hall–Kier alpha value is -0.610. The molecule has 0 radical (unpaired) electrons. The fraction of sp³-hybridized carbons (Fsp3) is 0.800. The number of nitrogens with two attached hydrogens (primary N) is 1. The van der Waals surface area contributed by atoms with Crippen molar-refractivity contribution in [3.63, 3.8) is 0 Å². The van der Waals surface area contributed by atoms with Crippen molar-refractivity contribution in [2.45, 2.75) is 18.9 Å². The van der Waals surface area contributed by atoms with Crippen LogP contribution in [0.4, 0.5) is 0 Å². The summed E-state index contributed by atoms with van der Waals surface area (Å²) in [7, 11) is 0. The molecule has 0 aromatic heterocycles. The molecule has 0 spiro atoms. The monoisotopic (exact) mass is 130 g/mol. The third kappa shape index (κ3) is 1.20. The molecule has 9 heavy (non-hydrogen) atoms. The molecule has 0 saturated carbocycles. The molecule has 4 nitrogen and oxygen atoms in total. The highest BCUT2D eigenvalue weighted by Crippen LogP contribution is 2.08. The Kier molecular flexibility index (Phi) is 1.42. The van der Waals surface area contributed by atoms with Gasteiger partial charge in [-0.3, -0.25) is 9.63 Å². The topological polar surface area (TPSA) is 64.3 Å². The summed E-state index contributed by atoms with van der Waals surface area (Å²) in [6.45, 7) is 2.18. The lowest BCUT2D eigenvalue weighted by Gasteiger charge is -2.27. The van der Waals surface area contributed by atoms with E-state index in [-0.39, 0.29) is 5.91 Å². The molecule has 3 N–H and O–H groups in total. The maximum absolute atomic E-state index is 10.8. The first-order chi connectivity index (χ1) is 4.13. The summed E-state index contributed by atoms with van der Waals surface area (Å²) >= 11 is 0. The SMILES string of the molecule is CC1(N)CCONC1=O. The van der Waals surface area contributed by atoms with Crippen LogP contribution >= 0.6 is 0 Å². The molecule has 1 saturated heterocycles. The average molecular weight is 130 g/mol. The summed E-state index contributed by atoms with van der Waals surface area (Å²) in [6.07, 6.45) is 0.582. The van der Waals surface area contributed by atoms with Gasteiger partial charge in [0, 0.05) is 6.42 Å². The largest absolute Gasteiger partial charge is 0.317 e. The first-order valence-electron chi connectivity index (χ1n) is 2.84. The molecule has 1 aliphatic rings. The molecule has 0 aliphatic carbocycles. The van der Waals surface area contributed by atoms with Crippen molar-refractivity contribution in [2.24, 2.45) is 5.73 Å². The van der Waals surface area contributed by atoms with E-state index in [2.05, 4.69) is 10.3 Å². The van der Waals surface area contributed by atoms with Gasteiger partial charge in [0.2, 0.25) is 0 Å². The number of hydrogen-bond acceptors (Lipinski definition) is 3. The van der Waals surface area contributed by atoms with Gasteiger partial charge in [0.05, 0.1) is 12.1 Å². The Labute approximate surface area is 53.3 Å². The molecule has 1 aliphatic heterocycles. The summed E-state index contributed by atoms with van der Waals surface area (Å²) < 4.78 is 0. The number of amides is 1. The van der Waals surface area contributed by atoms with E-state index in [9.17, 15) is 4.79 Å². The van der Waals surface area contributed by atoms with E-state index in [0.717, 1.165) is 0 Å². The molecule has 1 amide bonds. The maximum atomic E-state index is 10.8. The zero-order valence-electron chi connectivity index (χ0n) is 5.31. The van der Waals surface area contributed by atoms with Crippen LogP contribution in [0.15, 0.2) is 0 Å². The molecule has 1 fully saturated rings. The van der Waals surface area contributed by atoms with Crippen molar-refractivity contribution in [2.75, 3.05) is 6.61 Å². The van der Waals surface area contributed by atoms with Gasteiger partial charge in [-0.2, -0.15) is 0 Å². The second kappa shape index (κ2) is 1.97. The molecule has 1 atom stereocenters. The van der Waals surface area contributed by atoms with Crippen LogP contribution in [0.1, 0.15) is 13.3 Å². The molecule has 1 rings (SSSR count). The number of hydroxylamine groups is 1. The van der Waals surface area contributed by atoms with Crippen LogP contribution in [0, 0.1) is 0 Å². The molecule has 1 unspecified atom stereocenters. The Balaban J connectivity index is 2.60. The number of hydrogen-bond donors (Lipinski definition) is 2. The summed E-state index contributed by atoms with van der Waals surface area (Å²) in [5.74, 6) is -0.242. The van der Waals surface area contributed by atoms with E-state index in [1.165, 1.54) is 0 Å². The van der Waals surface area contributed by atoms with Crippen LogP contribution < -0.4 is 11.2 Å². The average Bonchev–Trinajstić information content (AvgIpc) is 1.77. The predicted octanol–water partition coefficient (Wildman–Crippen LogP) is -0.845. The minimum absolute atomic E-state index is 0.242. The zero-order chi connectivity index (χ0) is 6.91. The number of carbonyl (C=O) groups is 1. The predicted molar refractivity (Wildman–Crippen MR) is 31.3 cm³/mol. The van der Waals surface area contributed by atoms with Crippen molar-refractivity contribution in [1.82, 2.24) is 5.48 Å². The number of nitrogens with one attached hydrogen (secondary N) is 1. The molecule has 0 aromatic carbocycles. The van der Waals surface area contributed by atoms with E-state index in [0.29, 0.717) is 13.0 Å². The number of rotatable bonds is 0. The van der Waals surface area contributed by atoms with E-state index >= 15 is 0 Å².